The standard InChI is InChI=1S/C58H37N5/c1-4-17-38(18-5-1)56-55-47-27-12-15-30-52(47)63(43-23-8-3-9-24-43)58(55)60-57(59-56)41-20-16-19-39(35-41)40-31-33-53-48(36-40)49-37-44(32-34-54(49)61(53)42-21-6-2-7-22-42)62-50-28-13-10-25-45(50)46-26-11-14-29-51(46)62/h1-37H. The van der Waals surface area contributed by atoms with Crippen molar-refractivity contribution in [2.75, 3.05) is 0 Å². The van der Waals surface area contributed by atoms with Crippen molar-refractivity contribution in [3.63, 3.8) is 0 Å². The Bertz CT molecular complexity index is 3840. The van der Waals surface area contributed by atoms with E-state index in [1.165, 1.54) is 32.6 Å². The Morgan fingerprint density at radius 2 is 0.746 bits per heavy atom. The topological polar surface area (TPSA) is 40.6 Å². The molecule has 0 bridgehead atoms. The molecule has 0 amide bonds. The van der Waals surface area contributed by atoms with Crippen molar-refractivity contribution in [2.45, 2.75) is 0 Å². The van der Waals surface area contributed by atoms with Crippen LogP contribution in [0.1, 0.15) is 0 Å². The molecule has 0 N–H and O–H groups in total. The molecule has 0 radical (unpaired) electrons. The molecule has 0 fully saturated rings. The molecule has 5 nitrogen and oxygen atoms in total. The van der Waals surface area contributed by atoms with Crippen LogP contribution in [0.15, 0.2) is 224 Å². The molecule has 0 unspecified atom stereocenters. The Morgan fingerprint density at radius 1 is 0.270 bits per heavy atom. The molecule has 63 heavy (non-hydrogen) atoms. The molecule has 9 aromatic carbocycles. The van der Waals surface area contributed by atoms with Crippen LogP contribution in [0.25, 0.3) is 116 Å². The number of benzene rings is 9. The Kier molecular flexibility index (Phi) is 7.84. The van der Waals surface area contributed by atoms with Crippen molar-refractivity contribution in [3.05, 3.63) is 224 Å². The van der Waals surface area contributed by atoms with Gasteiger partial charge in [-0.05, 0) is 90.0 Å². The summed E-state index contributed by atoms with van der Waals surface area (Å²) in [6, 6.07) is 80.2. The smallest absolute Gasteiger partial charge is 0.162 e. The van der Waals surface area contributed by atoms with E-state index in [4.69, 9.17) is 9.97 Å². The Hall–Kier alpha value is -8.54. The lowest BCUT2D eigenvalue weighted by Crippen LogP contribution is -1.99. The number of fused-ring (bicyclic) bond motifs is 9. The van der Waals surface area contributed by atoms with E-state index in [0.717, 1.165) is 78.0 Å². The first-order chi connectivity index (χ1) is 31.3. The van der Waals surface area contributed by atoms with Gasteiger partial charge in [0.05, 0.1) is 38.7 Å². The zero-order valence-electron chi connectivity index (χ0n) is 34.1. The highest BCUT2D eigenvalue weighted by molar-refractivity contribution is 6.15. The first kappa shape index (κ1) is 35.2. The SMILES string of the molecule is c1ccc(-c2nc(-c3cccc(-c4ccc5c(c4)c4cc(-n6c7ccccc7c7ccccc76)ccc4n5-c4ccccc4)c3)nc3c2c2ccccc2n3-c2ccccc2)cc1. The zero-order chi connectivity index (χ0) is 41.4. The van der Waals surface area contributed by atoms with Crippen LogP contribution in [-0.2, 0) is 0 Å². The minimum absolute atomic E-state index is 0.681. The van der Waals surface area contributed by atoms with Crippen LogP contribution in [-0.4, -0.2) is 23.7 Å². The largest absolute Gasteiger partial charge is 0.309 e. The summed E-state index contributed by atoms with van der Waals surface area (Å²) in [6.07, 6.45) is 0. The molecule has 13 rings (SSSR count). The number of nitrogens with zero attached hydrogens (tertiary/aromatic N) is 5. The van der Waals surface area contributed by atoms with Gasteiger partial charge in [-0.1, -0.05) is 146 Å². The normalized spacial score (nSPS) is 11.8. The van der Waals surface area contributed by atoms with Gasteiger partial charge in [0.1, 0.15) is 5.65 Å². The van der Waals surface area contributed by atoms with Gasteiger partial charge in [0.15, 0.2) is 5.82 Å². The lowest BCUT2D eigenvalue weighted by atomic mass is 10.00. The van der Waals surface area contributed by atoms with Crippen molar-refractivity contribution >= 4 is 65.5 Å². The van der Waals surface area contributed by atoms with E-state index in [0.29, 0.717) is 5.82 Å². The van der Waals surface area contributed by atoms with Gasteiger partial charge in [-0.25, -0.2) is 9.97 Å². The predicted molar refractivity (Wildman–Crippen MR) is 261 cm³/mol. The Morgan fingerprint density at radius 3 is 1.43 bits per heavy atom. The second-order valence-electron chi connectivity index (χ2n) is 16.2. The summed E-state index contributed by atoms with van der Waals surface area (Å²) in [6.45, 7) is 0. The second kappa shape index (κ2) is 14.0. The van der Waals surface area contributed by atoms with Crippen molar-refractivity contribution in [1.29, 1.82) is 0 Å². The molecule has 0 atom stereocenters. The van der Waals surface area contributed by atoms with Crippen LogP contribution in [0.5, 0.6) is 0 Å². The quantitative estimate of drug-likeness (QED) is 0.168. The van der Waals surface area contributed by atoms with E-state index in [9.17, 15) is 0 Å². The fourth-order valence-electron chi connectivity index (χ4n) is 9.85. The Labute approximate surface area is 363 Å². The highest BCUT2D eigenvalue weighted by atomic mass is 15.1. The van der Waals surface area contributed by atoms with E-state index in [1.54, 1.807) is 0 Å². The van der Waals surface area contributed by atoms with Gasteiger partial charge >= 0.3 is 0 Å². The molecule has 0 spiro atoms. The number of aromatic nitrogens is 5. The number of hydrogen-bond donors (Lipinski definition) is 0. The summed E-state index contributed by atoms with van der Waals surface area (Å²) in [5.41, 5.74) is 15.2. The molecule has 0 aliphatic rings. The summed E-state index contributed by atoms with van der Waals surface area (Å²) in [7, 11) is 0. The van der Waals surface area contributed by atoms with E-state index < -0.39 is 0 Å². The highest BCUT2D eigenvalue weighted by Crippen LogP contribution is 2.41. The maximum absolute atomic E-state index is 5.43. The lowest BCUT2D eigenvalue weighted by Gasteiger charge is -2.11. The summed E-state index contributed by atoms with van der Waals surface area (Å²) in [5.74, 6) is 0.681. The van der Waals surface area contributed by atoms with E-state index >= 15 is 0 Å². The molecule has 294 valence electrons. The second-order valence-corrected chi connectivity index (χ2v) is 16.2. The number of para-hydroxylation sites is 5. The first-order valence-electron chi connectivity index (χ1n) is 21.4. The van der Waals surface area contributed by atoms with Gasteiger partial charge in [0, 0.05) is 55.1 Å². The number of hydrogen-bond acceptors (Lipinski definition) is 2. The van der Waals surface area contributed by atoms with Crippen LogP contribution >= 0.6 is 0 Å². The first-order valence-corrected chi connectivity index (χ1v) is 21.4. The third kappa shape index (κ3) is 5.50. The fourth-order valence-corrected chi connectivity index (χ4v) is 9.85. The van der Waals surface area contributed by atoms with Crippen LogP contribution in [0, 0.1) is 0 Å². The average Bonchev–Trinajstić information content (AvgIpc) is 4.00. The average molecular weight is 804 g/mol. The predicted octanol–water partition coefficient (Wildman–Crippen LogP) is 14.8. The highest BCUT2D eigenvalue weighted by Gasteiger charge is 2.22. The maximum atomic E-state index is 5.43. The van der Waals surface area contributed by atoms with Gasteiger partial charge < -0.3 is 9.13 Å². The summed E-state index contributed by atoms with van der Waals surface area (Å²) in [5, 5.41) is 7.06. The molecule has 5 heteroatoms. The lowest BCUT2D eigenvalue weighted by molar-refractivity contribution is 1.11. The maximum Gasteiger partial charge on any atom is 0.162 e. The monoisotopic (exact) mass is 803 g/mol. The minimum atomic E-state index is 0.681. The summed E-state index contributed by atoms with van der Waals surface area (Å²) in [4.78, 5) is 10.8. The van der Waals surface area contributed by atoms with Crippen LogP contribution in [0.3, 0.4) is 0 Å². The molecular formula is C58H37N5. The van der Waals surface area contributed by atoms with Gasteiger partial charge in [-0.3, -0.25) is 4.57 Å². The molecule has 13 aromatic rings. The molecule has 4 aromatic heterocycles. The van der Waals surface area contributed by atoms with Gasteiger partial charge in [-0.15, -0.1) is 0 Å². The third-order valence-electron chi connectivity index (χ3n) is 12.6. The van der Waals surface area contributed by atoms with Gasteiger partial charge in [-0.2, -0.15) is 0 Å². The molecule has 4 heterocycles. The summed E-state index contributed by atoms with van der Waals surface area (Å²) >= 11 is 0. The molecular weight excluding hydrogens is 767 g/mol. The molecule has 0 aliphatic carbocycles. The van der Waals surface area contributed by atoms with Crippen molar-refractivity contribution in [2.24, 2.45) is 0 Å². The van der Waals surface area contributed by atoms with Crippen LogP contribution < -0.4 is 0 Å². The Balaban J connectivity index is 1.02. The van der Waals surface area contributed by atoms with Crippen molar-refractivity contribution in [1.82, 2.24) is 23.7 Å². The van der Waals surface area contributed by atoms with Crippen molar-refractivity contribution in [3.8, 4) is 50.8 Å². The van der Waals surface area contributed by atoms with E-state index in [1.807, 2.05) is 0 Å². The van der Waals surface area contributed by atoms with Gasteiger partial charge in [0.2, 0.25) is 0 Å². The molecule has 0 saturated heterocycles. The van der Waals surface area contributed by atoms with Crippen LogP contribution in [0.2, 0.25) is 0 Å². The van der Waals surface area contributed by atoms with Crippen LogP contribution in [0.4, 0.5) is 0 Å². The van der Waals surface area contributed by atoms with Crippen molar-refractivity contribution < 1.29 is 0 Å². The molecule has 0 saturated carbocycles. The summed E-state index contributed by atoms with van der Waals surface area (Å²) < 4.78 is 7.07. The fraction of sp³-hybridized carbons (Fsp3) is 0. The third-order valence-corrected chi connectivity index (χ3v) is 12.6. The van der Waals surface area contributed by atoms with E-state index in [2.05, 4.69) is 238 Å². The minimum Gasteiger partial charge on any atom is -0.309 e. The number of rotatable bonds is 6. The van der Waals surface area contributed by atoms with E-state index in [-0.39, 0.29) is 0 Å². The van der Waals surface area contributed by atoms with Gasteiger partial charge in [0.25, 0.3) is 0 Å². The molecule has 0 aliphatic heterocycles. The zero-order valence-corrected chi connectivity index (χ0v) is 34.1.